The second-order valence-electron chi connectivity index (χ2n) is 3.66. The fraction of sp³-hybridized carbons (Fsp3) is 0.0769. The summed E-state index contributed by atoms with van der Waals surface area (Å²) in [5.41, 5.74) is 3.55. The third-order valence-electron chi connectivity index (χ3n) is 2.37. The van der Waals surface area contributed by atoms with Gasteiger partial charge in [0.2, 0.25) is 0 Å². The number of hydrogen-bond donors (Lipinski definition) is 1. The van der Waals surface area contributed by atoms with Gasteiger partial charge in [-0.15, -0.1) is 4.91 Å². The van der Waals surface area contributed by atoms with E-state index in [2.05, 4.69) is 15.7 Å². The molecule has 0 aliphatic heterocycles. The third-order valence-corrected chi connectivity index (χ3v) is 2.37. The number of carbonyl (C=O) groups is 1. The van der Waals surface area contributed by atoms with Crippen molar-refractivity contribution < 1.29 is 4.79 Å². The van der Waals surface area contributed by atoms with E-state index >= 15 is 0 Å². The molecular weight excluding hydrogens is 230 g/mol. The number of amides is 1. The van der Waals surface area contributed by atoms with Crippen molar-refractivity contribution in [1.29, 1.82) is 0 Å². The summed E-state index contributed by atoms with van der Waals surface area (Å²) >= 11 is 0. The molecular formula is C13H11N3O2. The molecule has 0 bridgehead atoms. The van der Waals surface area contributed by atoms with Crippen LogP contribution in [0.1, 0.15) is 10.4 Å². The lowest BCUT2D eigenvalue weighted by Gasteiger charge is -2.04. The van der Waals surface area contributed by atoms with Crippen molar-refractivity contribution in [2.45, 2.75) is 6.04 Å². The van der Waals surface area contributed by atoms with Gasteiger partial charge in [0.05, 0.1) is 5.71 Å². The number of allylic oxidation sites excluding steroid dienone is 2. The minimum atomic E-state index is -0.450. The van der Waals surface area contributed by atoms with Gasteiger partial charge in [-0.1, -0.05) is 35.5 Å². The van der Waals surface area contributed by atoms with Gasteiger partial charge in [0.25, 0.3) is 5.91 Å². The number of rotatable bonds is 3. The molecule has 2 rings (SSSR count). The molecule has 0 spiro atoms. The Kier molecular flexibility index (Phi) is 3.76. The van der Waals surface area contributed by atoms with E-state index in [1.165, 1.54) is 0 Å². The molecule has 0 saturated heterocycles. The summed E-state index contributed by atoms with van der Waals surface area (Å²) in [4.78, 5) is 21.9. The predicted molar refractivity (Wildman–Crippen MR) is 69.2 cm³/mol. The molecule has 1 amide bonds. The highest BCUT2D eigenvalue weighted by molar-refractivity contribution is 6.06. The lowest BCUT2D eigenvalue weighted by Crippen LogP contribution is -2.19. The van der Waals surface area contributed by atoms with Gasteiger partial charge in [-0.05, 0) is 24.3 Å². The van der Waals surface area contributed by atoms with E-state index in [-0.39, 0.29) is 5.91 Å². The van der Waals surface area contributed by atoms with Gasteiger partial charge in [0.1, 0.15) is 6.04 Å². The van der Waals surface area contributed by atoms with Gasteiger partial charge in [0.15, 0.2) is 0 Å². The van der Waals surface area contributed by atoms with E-state index in [1.807, 2.05) is 6.07 Å². The molecule has 0 radical (unpaired) electrons. The van der Waals surface area contributed by atoms with Crippen LogP contribution in [-0.4, -0.2) is 17.7 Å². The maximum Gasteiger partial charge on any atom is 0.271 e. The Bertz CT molecular complexity index is 516. The van der Waals surface area contributed by atoms with Crippen molar-refractivity contribution >= 4 is 11.6 Å². The van der Waals surface area contributed by atoms with Crippen LogP contribution in [0.15, 0.2) is 64.9 Å². The summed E-state index contributed by atoms with van der Waals surface area (Å²) in [6.07, 6.45) is 6.50. The molecule has 0 fully saturated rings. The number of hydrogen-bond acceptors (Lipinski definition) is 4. The second-order valence-corrected chi connectivity index (χ2v) is 3.66. The monoisotopic (exact) mass is 241 g/mol. The minimum Gasteiger partial charge on any atom is -0.267 e. The molecule has 90 valence electrons. The minimum absolute atomic E-state index is 0.277. The van der Waals surface area contributed by atoms with Crippen LogP contribution in [0, 0.1) is 4.91 Å². The van der Waals surface area contributed by atoms with Crippen LogP contribution in [0.4, 0.5) is 0 Å². The maximum atomic E-state index is 11.7. The highest BCUT2D eigenvalue weighted by Gasteiger charge is 2.06. The molecule has 0 unspecified atom stereocenters. The van der Waals surface area contributed by atoms with Gasteiger partial charge >= 0.3 is 0 Å². The van der Waals surface area contributed by atoms with E-state index in [0.717, 1.165) is 0 Å². The standard InChI is InChI=1S/C13H11N3O2/c17-13(10-4-2-1-3-5-10)15-14-11-6-8-12(16-18)9-7-11/h1-9,12H,(H,15,17). The Morgan fingerprint density at radius 2 is 1.78 bits per heavy atom. The third kappa shape index (κ3) is 2.98. The Hall–Kier alpha value is -2.56. The quantitative estimate of drug-likeness (QED) is 0.649. The molecule has 1 N–H and O–H groups in total. The first kappa shape index (κ1) is 11.9. The Labute approximate surface area is 104 Å². The molecule has 1 aromatic rings. The highest BCUT2D eigenvalue weighted by Crippen LogP contribution is 2.03. The zero-order valence-electron chi connectivity index (χ0n) is 9.48. The van der Waals surface area contributed by atoms with Crippen LogP contribution in [0.3, 0.4) is 0 Å². The van der Waals surface area contributed by atoms with Gasteiger partial charge in [-0.25, -0.2) is 5.43 Å². The van der Waals surface area contributed by atoms with E-state index in [0.29, 0.717) is 11.3 Å². The molecule has 1 aromatic carbocycles. The van der Waals surface area contributed by atoms with E-state index in [9.17, 15) is 9.70 Å². The van der Waals surface area contributed by atoms with Gasteiger partial charge in [-0.3, -0.25) is 4.79 Å². The summed E-state index contributed by atoms with van der Waals surface area (Å²) < 4.78 is 0. The number of benzene rings is 1. The van der Waals surface area contributed by atoms with Crippen LogP contribution >= 0.6 is 0 Å². The first-order valence-electron chi connectivity index (χ1n) is 5.41. The normalized spacial score (nSPS) is 17.3. The zero-order valence-corrected chi connectivity index (χ0v) is 9.48. The van der Waals surface area contributed by atoms with E-state index < -0.39 is 6.04 Å². The summed E-state index contributed by atoms with van der Waals surface area (Å²) in [6, 6.07) is 8.35. The van der Waals surface area contributed by atoms with E-state index in [4.69, 9.17) is 0 Å². The van der Waals surface area contributed by atoms with Crippen molar-refractivity contribution in [2.75, 3.05) is 0 Å². The first-order chi connectivity index (χ1) is 8.79. The highest BCUT2D eigenvalue weighted by atomic mass is 16.3. The lowest BCUT2D eigenvalue weighted by molar-refractivity contribution is 0.0955. The number of nitrogens with one attached hydrogen (secondary N) is 1. The Morgan fingerprint density at radius 1 is 1.11 bits per heavy atom. The average molecular weight is 241 g/mol. The van der Waals surface area contributed by atoms with Crippen LogP contribution in [0.25, 0.3) is 0 Å². The number of nitroso groups, excluding NO2 is 1. The zero-order chi connectivity index (χ0) is 12.8. The summed E-state index contributed by atoms with van der Waals surface area (Å²) in [5.74, 6) is -0.277. The van der Waals surface area contributed by atoms with Gasteiger partial charge < -0.3 is 0 Å². The number of hydrazone groups is 1. The molecule has 1 aliphatic rings. The summed E-state index contributed by atoms with van der Waals surface area (Å²) in [7, 11) is 0. The number of nitrogens with zero attached hydrogens (tertiary/aromatic N) is 2. The molecule has 5 heteroatoms. The largest absolute Gasteiger partial charge is 0.271 e. The van der Waals surface area contributed by atoms with Gasteiger partial charge in [0, 0.05) is 5.56 Å². The second kappa shape index (κ2) is 5.67. The predicted octanol–water partition coefficient (Wildman–Crippen LogP) is 2.03. The van der Waals surface area contributed by atoms with Crippen molar-refractivity contribution in [2.24, 2.45) is 10.3 Å². The van der Waals surface area contributed by atoms with Gasteiger partial charge in [-0.2, -0.15) is 5.10 Å². The molecule has 1 aliphatic carbocycles. The molecule has 0 aromatic heterocycles. The smallest absolute Gasteiger partial charge is 0.267 e. The van der Waals surface area contributed by atoms with Crippen molar-refractivity contribution in [1.82, 2.24) is 5.43 Å². The van der Waals surface area contributed by atoms with Crippen LogP contribution in [0.5, 0.6) is 0 Å². The fourth-order valence-corrected chi connectivity index (χ4v) is 1.43. The Balaban J connectivity index is 1.98. The average Bonchev–Trinajstić information content (AvgIpc) is 2.46. The topological polar surface area (TPSA) is 70.9 Å². The Morgan fingerprint density at radius 3 is 2.39 bits per heavy atom. The first-order valence-corrected chi connectivity index (χ1v) is 5.41. The molecule has 0 atom stereocenters. The molecule has 0 heterocycles. The van der Waals surface area contributed by atoms with Crippen LogP contribution in [-0.2, 0) is 0 Å². The molecule has 5 nitrogen and oxygen atoms in total. The van der Waals surface area contributed by atoms with E-state index in [1.54, 1.807) is 48.6 Å². The molecule has 0 saturated carbocycles. The molecule has 18 heavy (non-hydrogen) atoms. The maximum absolute atomic E-state index is 11.7. The summed E-state index contributed by atoms with van der Waals surface area (Å²) in [6.45, 7) is 0. The lowest BCUT2D eigenvalue weighted by atomic mass is 10.1. The van der Waals surface area contributed by atoms with Crippen LogP contribution in [0.2, 0.25) is 0 Å². The fourth-order valence-electron chi connectivity index (χ4n) is 1.43. The summed E-state index contributed by atoms with van der Waals surface area (Å²) in [5, 5.41) is 6.79. The van der Waals surface area contributed by atoms with Crippen molar-refractivity contribution in [3.8, 4) is 0 Å². The van der Waals surface area contributed by atoms with Crippen molar-refractivity contribution in [3.05, 3.63) is 65.1 Å². The van der Waals surface area contributed by atoms with Crippen LogP contribution < -0.4 is 5.43 Å². The van der Waals surface area contributed by atoms with Crippen molar-refractivity contribution in [3.63, 3.8) is 0 Å². The SMILES string of the molecule is O=NC1C=CC(=NNC(=O)c2ccccc2)C=C1. The number of carbonyl (C=O) groups excluding carboxylic acids is 1.